The average molecular weight is 281 g/mol. The van der Waals surface area contributed by atoms with Crippen molar-refractivity contribution in [3.05, 3.63) is 84.3 Å². The van der Waals surface area contributed by atoms with Crippen LogP contribution in [0.25, 0.3) is 0 Å². The van der Waals surface area contributed by atoms with Crippen LogP contribution in [0.5, 0.6) is 11.5 Å². The fraction of sp³-hybridized carbons (Fsp3) is 0.111. The summed E-state index contributed by atoms with van der Waals surface area (Å²) in [4.78, 5) is 2.23. The lowest BCUT2D eigenvalue weighted by Gasteiger charge is -2.20. The Morgan fingerprint density at radius 2 is 1.57 bits per heavy atom. The summed E-state index contributed by atoms with van der Waals surface area (Å²) in [7, 11) is 0. The SMILES string of the molecule is Fc1ccc(Oc2ccc(CN3C=CC=CC3)cc2)cc1. The van der Waals surface area contributed by atoms with E-state index < -0.39 is 0 Å². The zero-order valence-corrected chi connectivity index (χ0v) is 11.6. The van der Waals surface area contributed by atoms with E-state index in [2.05, 4.69) is 23.3 Å². The van der Waals surface area contributed by atoms with Crippen molar-refractivity contribution in [1.82, 2.24) is 4.90 Å². The lowest BCUT2D eigenvalue weighted by atomic mass is 10.2. The van der Waals surface area contributed by atoms with Crippen molar-refractivity contribution < 1.29 is 9.13 Å². The fourth-order valence-electron chi connectivity index (χ4n) is 2.16. The van der Waals surface area contributed by atoms with Crippen molar-refractivity contribution in [2.24, 2.45) is 0 Å². The second kappa shape index (κ2) is 6.27. The number of halogens is 1. The predicted octanol–water partition coefficient (Wildman–Crippen LogP) is 4.50. The van der Waals surface area contributed by atoms with Gasteiger partial charge >= 0.3 is 0 Å². The number of rotatable bonds is 4. The lowest BCUT2D eigenvalue weighted by molar-refractivity contribution is 0.405. The Morgan fingerprint density at radius 3 is 2.19 bits per heavy atom. The number of benzene rings is 2. The van der Waals surface area contributed by atoms with Gasteiger partial charge in [0.15, 0.2) is 0 Å². The molecule has 2 nitrogen and oxygen atoms in total. The maximum atomic E-state index is 12.8. The van der Waals surface area contributed by atoms with Gasteiger partial charge in [0.1, 0.15) is 17.3 Å². The molecule has 0 aromatic heterocycles. The summed E-state index contributed by atoms with van der Waals surface area (Å²) in [5.74, 6) is 1.12. The summed E-state index contributed by atoms with van der Waals surface area (Å²) in [6.07, 6.45) is 8.31. The van der Waals surface area contributed by atoms with E-state index >= 15 is 0 Å². The number of nitrogens with zero attached hydrogens (tertiary/aromatic N) is 1. The van der Waals surface area contributed by atoms with Gasteiger partial charge in [0, 0.05) is 13.1 Å². The smallest absolute Gasteiger partial charge is 0.127 e. The van der Waals surface area contributed by atoms with Gasteiger partial charge in [-0.3, -0.25) is 0 Å². The molecule has 2 aromatic rings. The molecule has 21 heavy (non-hydrogen) atoms. The van der Waals surface area contributed by atoms with Crippen molar-refractivity contribution in [3.63, 3.8) is 0 Å². The third-order valence-electron chi connectivity index (χ3n) is 3.24. The van der Waals surface area contributed by atoms with Crippen molar-refractivity contribution in [1.29, 1.82) is 0 Å². The first kappa shape index (κ1) is 13.4. The third-order valence-corrected chi connectivity index (χ3v) is 3.24. The van der Waals surface area contributed by atoms with Gasteiger partial charge in [-0.2, -0.15) is 0 Å². The van der Waals surface area contributed by atoms with Gasteiger partial charge < -0.3 is 9.64 Å². The summed E-state index contributed by atoms with van der Waals surface area (Å²) in [5.41, 5.74) is 1.22. The van der Waals surface area contributed by atoms with Crippen molar-refractivity contribution >= 4 is 0 Å². The zero-order chi connectivity index (χ0) is 14.5. The Hall–Kier alpha value is -2.55. The van der Waals surface area contributed by atoms with Gasteiger partial charge in [0.05, 0.1) is 0 Å². The van der Waals surface area contributed by atoms with E-state index in [1.54, 1.807) is 12.1 Å². The van der Waals surface area contributed by atoms with Crippen LogP contribution in [-0.2, 0) is 6.54 Å². The maximum Gasteiger partial charge on any atom is 0.127 e. The molecule has 1 aliphatic heterocycles. The molecule has 0 saturated heterocycles. The van der Waals surface area contributed by atoms with Crippen LogP contribution in [0.15, 0.2) is 73.0 Å². The van der Waals surface area contributed by atoms with Crippen molar-refractivity contribution in [2.45, 2.75) is 6.54 Å². The molecule has 0 N–H and O–H groups in total. The topological polar surface area (TPSA) is 12.5 Å². The molecule has 0 atom stereocenters. The fourth-order valence-corrected chi connectivity index (χ4v) is 2.16. The van der Waals surface area contributed by atoms with Crippen LogP contribution in [0.4, 0.5) is 4.39 Å². The first-order valence-electron chi connectivity index (χ1n) is 6.89. The Bertz CT molecular complexity index is 644. The molecule has 3 rings (SSSR count). The lowest BCUT2D eigenvalue weighted by Crippen LogP contribution is -2.17. The molecule has 0 spiro atoms. The van der Waals surface area contributed by atoms with E-state index in [4.69, 9.17) is 4.74 Å². The van der Waals surface area contributed by atoms with Crippen LogP contribution in [0.2, 0.25) is 0 Å². The highest BCUT2D eigenvalue weighted by molar-refractivity contribution is 5.33. The molecule has 1 aliphatic rings. The summed E-state index contributed by atoms with van der Waals surface area (Å²) in [6, 6.07) is 14.0. The molecule has 106 valence electrons. The van der Waals surface area contributed by atoms with E-state index in [1.807, 2.05) is 30.3 Å². The summed E-state index contributed by atoms with van der Waals surface area (Å²) >= 11 is 0. The number of allylic oxidation sites excluding steroid dienone is 2. The molecule has 0 unspecified atom stereocenters. The Labute approximate surface area is 123 Å². The molecule has 0 radical (unpaired) electrons. The second-order valence-electron chi connectivity index (χ2n) is 4.90. The zero-order valence-electron chi connectivity index (χ0n) is 11.6. The number of hydrogen-bond donors (Lipinski definition) is 0. The molecule has 0 amide bonds. The largest absolute Gasteiger partial charge is 0.457 e. The first-order valence-corrected chi connectivity index (χ1v) is 6.89. The van der Waals surface area contributed by atoms with E-state index in [0.29, 0.717) is 5.75 Å². The van der Waals surface area contributed by atoms with E-state index in [1.165, 1.54) is 17.7 Å². The van der Waals surface area contributed by atoms with E-state index in [9.17, 15) is 4.39 Å². The molecule has 0 fully saturated rings. The Morgan fingerprint density at radius 1 is 0.905 bits per heavy atom. The third kappa shape index (κ3) is 3.72. The first-order chi connectivity index (χ1) is 10.3. The van der Waals surface area contributed by atoms with Crippen LogP contribution < -0.4 is 4.74 Å². The van der Waals surface area contributed by atoms with Gasteiger partial charge in [0.25, 0.3) is 0 Å². The summed E-state index contributed by atoms with van der Waals surface area (Å²) < 4.78 is 18.5. The van der Waals surface area contributed by atoms with Gasteiger partial charge in [0.2, 0.25) is 0 Å². The van der Waals surface area contributed by atoms with E-state index in [-0.39, 0.29) is 5.82 Å². The van der Waals surface area contributed by atoms with Gasteiger partial charge in [-0.15, -0.1) is 0 Å². The predicted molar refractivity (Wildman–Crippen MR) is 81.6 cm³/mol. The van der Waals surface area contributed by atoms with Crippen molar-refractivity contribution in [2.75, 3.05) is 6.54 Å². The van der Waals surface area contributed by atoms with Crippen LogP contribution in [0.3, 0.4) is 0 Å². The molecule has 3 heteroatoms. The molecule has 2 aromatic carbocycles. The van der Waals surface area contributed by atoms with Crippen LogP contribution in [0.1, 0.15) is 5.56 Å². The molecular formula is C18H16FNO. The van der Waals surface area contributed by atoms with Crippen LogP contribution in [-0.4, -0.2) is 11.4 Å². The highest BCUT2D eigenvalue weighted by atomic mass is 19.1. The number of hydrogen-bond acceptors (Lipinski definition) is 2. The monoisotopic (exact) mass is 281 g/mol. The molecule has 0 saturated carbocycles. The summed E-state index contributed by atoms with van der Waals surface area (Å²) in [5, 5.41) is 0. The summed E-state index contributed by atoms with van der Waals surface area (Å²) in [6.45, 7) is 1.81. The molecule has 1 heterocycles. The number of ether oxygens (including phenoxy) is 1. The minimum Gasteiger partial charge on any atom is -0.457 e. The minimum absolute atomic E-state index is 0.263. The molecule has 0 aliphatic carbocycles. The van der Waals surface area contributed by atoms with Gasteiger partial charge in [-0.05, 0) is 54.2 Å². The van der Waals surface area contributed by atoms with Crippen molar-refractivity contribution in [3.8, 4) is 11.5 Å². The van der Waals surface area contributed by atoms with Crippen LogP contribution >= 0.6 is 0 Å². The normalized spacial score (nSPS) is 13.5. The molecule has 0 bridgehead atoms. The standard InChI is InChI=1S/C18H16FNO/c19-16-6-10-18(11-7-16)21-17-8-4-15(5-9-17)14-20-12-2-1-3-13-20/h1-12H,13-14H2. The van der Waals surface area contributed by atoms with Crippen LogP contribution in [0, 0.1) is 5.82 Å². The maximum absolute atomic E-state index is 12.8. The molecular weight excluding hydrogens is 265 g/mol. The quantitative estimate of drug-likeness (QED) is 0.818. The minimum atomic E-state index is -0.263. The average Bonchev–Trinajstić information content (AvgIpc) is 2.53. The Balaban J connectivity index is 1.62. The van der Waals surface area contributed by atoms with Gasteiger partial charge in [-0.25, -0.2) is 4.39 Å². The highest BCUT2D eigenvalue weighted by Crippen LogP contribution is 2.22. The second-order valence-corrected chi connectivity index (χ2v) is 4.90. The van der Waals surface area contributed by atoms with E-state index in [0.717, 1.165) is 18.8 Å². The Kier molecular flexibility index (Phi) is 4.01. The highest BCUT2D eigenvalue weighted by Gasteiger charge is 2.03. The van der Waals surface area contributed by atoms with Gasteiger partial charge in [-0.1, -0.05) is 24.3 Å².